The van der Waals surface area contributed by atoms with Crippen LogP contribution in [0.1, 0.15) is 57.1 Å². The molecule has 5 rings (SSSR count). The standard InChI is InChI=1S/C27H33NO2/c1-18(29)28-25-26(2,3)21-16-22-24(30-15-14-27(22,25)17-21)23(19-10-6-4-7-11-19)20-12-8-5-9-13-20/h4-13,21-25H,14-17H2,1-3H3,(H,28,29)/t21-,22-,24+,25+,27?/m1/s1. The first-order valence-electron chi connectivity index (χ1n) is 11.4. The lowest BCUT2D eigenvalue weighted by Gasteiger charge is -2.54. The molecule has 2 aromatic rings. The molecule has 5 atom stereocenters. The maximum atomic E-state index is 12.2. The van der Waals surface area contributed by atoms with Crippen molar-refractivity contribution in [1.82, 2.24) is 5.32 Å². The number of carbonyl (C=O) groups is 1. The number of hydrogen-bond donors (Lipinski definition) is 1. The molecule has 3 nitrogen and oxygen atoms in total. The van der Waals surface area contributed by atoms with E-state index < -0.39 is 0 Å². The number of hydrogen-bond acceptors (Lipinski definition) is 2. The quantitative estimate of drug-likeness (QED) is 0.765. The largest absolute Gasteiger partial charge is 0.377 e. The highest BCUT2D eigenvalue weighted by Gasteiger charge is 2.69. The molecule has 2 aliphatic carbocycles. The van der Waals surface area contributed by atoms with E-state index >= 15 is 0 Å². The number of benzene rings is 2. The summed E-state index contributed by atoms with van der Waals surface area (Å²) in [5.74, 6) is 1.41. The van der Waals surface area contributed by atoms with Crippen molar-refractivity contribution in [2.75, 3.05) is 6.61 Å². The molecule has 3 heteroatoms. The summed E-state index contributed by atoms with van der Waals surface area (Å²) in [6, 6.07) is 21.9. The van der Waals surface area contributed by atoms with Crippen LogP contribution in [0.5, 0.6) is 0 Å². The van der Waals surface area contributed by atoms with E-state index in [0.29, 0.717) is 11.8 Å². The number of rotatable bonds is 4. The summed E-state index contributed by atoms with van der Waals surface area (Å²) in [6.45, 7) is 7.16. The van der Waals surface area contributed by atoms with Gasteiger partial charge in [-0.15, -0.1) is 0 Å². The highest BCUT2D eigenvalue weighted by atomic mass is 16.5. The van der Waals surface area contributed by atoms with Crippen molar-refractivity contribution >= 4 is 5.91 Å². The van der Waals surface area contributed by atoms with Gasteiger partial charge in [0.15, 0.2) is 0 Å². The lowest BCUT2D eigenvalue weighted by atomic mass is 9.57. The van der Waals surface area contributed by atoms with Gasteiger partial charge in [-0.2, -0.15) is 0 Å². The molecule has 158 valence electrons. The van der Waals surface area contributed by atoms with Crippen molar-refractivity contribution in [2.24, 2.45) is 22.7 Å². The zero-order valence-corrected chi connectivity index (χ0v) is 18.3. The van der Waals surface area contributed by atoms with Gasteiger partial charge in [-0.05, 0) is 53.1 Å². The second kappa shape index (κ2) is 7.23. The van der Waals surface area contributed by atoms with Crippen LogP contribution in [-0.4, -0.2) is 24.7 Å². The molecule has 1 amide bonds. The Bertz CT molecular complexity index is 869. The van der Waals surface area contributed by atoms with Gasteiger partial charge < -0.3 is 10.1 Å². The van der Waals surface area contributed by atoms with Gasteiger partial charge in [0.2, 0.25) is 5.91 Å². The van der Waals surface area contributed by atoms with Crippen LogP contribution in [0.3, 0.4) is 0 Å². The predicted octanol–water partition coefficient (Wildman–Crippen LogP) is 5.16. The maximum absolute atomic E-state index is 12.2. The van der Waals surface area contributed by atoms with Crippen molar-refractivity contribution in [2.45, 2.75) is 58.1 Å². The summed E-state index contributed by atoms with van der Waals surface area (Å²) < 4.78 is 6.62. The molecule has 2 aromatic carbocycles. The van der Waals surface area contributed by atoms with Gasteiger partial charge in [0, 0.05) is 25.5 Å². The minimum Gasteiger partial charge on any atom is -0.377 e. The minimum absolute atomic E-state index is 0.0967. The van der Waals surface area contributed by atoms with Crippen molar-refractivity contribution in [3.05, 3.63) is 71.8 Å². The first-order chi connectivity index (χ1) is 14.4. The zero-order valence-electron chi connectivity index (χ0n) is 18.3. The molecule has 2 saturated carbocycles. The van der Waals surface area contributed by atoms with Crippen LogP contribution in [0.15, 0.2) is 60.7 Å². The Labute approximate surface area is 180 Å². The third-order valence-electron chi connectivity index (χ3n) is 8.54. The molecular formula is C27H33NO2. The third kappa shape index (κ3) is 2.93. The smallest absolute Gasteiger partial charge is 0.217 e. The lowest BCUT2D eigenvalue weighted by Crippen LogP contribution is -2.60. The van der Waals surface area contributed by atoms with Crippen LogP contribution in [0, 0.1) is 22.7 Å². The Morgan fingerprint density at radius 3 is 2.20 bits per heavy atom. The Morgan fingerprint density at radius 2 is 1.63 bits per heavy atom. The summed E-state index contributed by atoms with van der Waals surface area (Å²) in [5.41, 5.74) is 2.93. The van der Waals surface area contributed by atoms with Crippen LogP contribution < -0.4 is 5.32 Å². The fourth-order valence-electron chi connectivity index (χ4n) is 7.26. The van der Waals surface area contributed by atoms with E-state index in [1.165, 1.54) is 24.0 Å². The van der Waals surface area contributed by atoms with Crippen LogP contribution in [-0.2, 0) is 9.53 Å². The number of amides is 1. The summed E-state index contributed by atoms with van der Waals surface area (Å²) in [7, 11) is 0. The van der Waals surface area contributed by atoms with Crippen molar-refractivity contribution in [3.63, 3.8) is 0 Å². The van der Waals surface area contributed by atoms with Gasteiger partial charge in [0.1, 0.15) is 0 Å². The SMILES string of the molecule is CC(=O)N[C@H]1C(C)(C)[C@@H]2C[C@@H]3[C@@H](C(c4ccccc4)c4ccccc4)OCCC31C2. The predicted molar refractivity (Wildman–Crippen MR) is 119 cm³/mol. The van der Waals surface area contributed by atoms with Gasteiger partial charge in [0.25, 0.3) is 0 Å². The molecule has 1 aliphatic heterocycles. The van der Waals surface area contributed by atoms with Gasteiger partial charge in [-0.1, -0.05) is 74.5 Å². The number of fused-ring (bicyclic) bond motifs is 1. The third-order valence-corrected chi connectivity index (χ3v) is 8.54. The Morgan fingerprint density at radius 1 is 1.03 bits per heavy atom. The van der Waals surface area contributed by atoms with E-state index in [9.17, 15) is 4.79 Å². The first kappa shape index (κ1) is 19.8. The van der Waals surface area contributed by atoms with Crippen molar-refractivity contribution < 1.29 is 9.53 Å². The molecule has 0 aromatic heterocycles. The van der Waals surface area contributed by atoms with Gasteiger partial charge in [-0.3, -0.25) is 4.79 Å². The Balaban J connectivity index is 1.57. The Hall–Kier alpha value is -2.13. The number of nitrogens with one attached hydrogen (secondary N) is 1. The van der Waals surface area contributed by atoms with Crippen LogP contribution in [0.25, 0.3) is 0 Å². The lowest BCUT2D eigenvalue weighted by molar-refractivity contribution is -0.137. The molecule has 3 fully saturated rings. The zero-order chi connectivity index (χ0) is 20.9. The first-order valence-corrected chi connectivity index (χ1v) is 11.4. The van der Waals surface area contributed by atoms with Gasteiger partial charge in [-0.25, -0.2) is 0 Å². The highest BCUT2D eigenvalue weighted by Crippen LogP contribution is 2.69. The molecule has 0 radical (unpaired) electrons. The second-order valence-electron chi connectivity index (χ2n) is 10.3. The monoisotopic (exact) mass is 403 g/mol. The molecule has 1 spiro atoms. The normalized spacial score (nSPS) is 34.0. The van der Waals surface area contributed by atoms with Crippen molar-refractivity contribution in [1.29, 1.82) is 0 Å². The molecule has 30 heavy (non-hydrogen) atoms. The number of carbonyl (C=O) groups excluding carboxylic acids is 1. The molecule has 1 N–H and O–H groups in total. The molecule has 1 unspecified atom stereocenters. The van der Waals surface area contributed by atoms with Crippen LogP contribution >= 0.6 is 0 Å². The molecular weight excluding hydrogens is 370 g/mol. The van der Waals surface area contributed by atoms with E-state index in [-0.39, 0.29) is 34.8 Å². The second-order valence-corrected chi connectivity index (χ2v) is 10.3. The van der Waals surface area contributed by atoms with Gasteiger partial charge >= 0.3 is 0 Å². The number of ether oxygens (including phenoxy) is 1. The fraction of sp³-hybridized carbons (Fsp3) is 0.519. The average Bonchev–Trinajstić information content (AvgIpc) is 3.23. The van der Waals surface area contributed by atoms with Gasteiger partial charge in [0.05, 0.1) is 6.10 Å². The van der Waals surface area contributed by atoms with Crippen molar-refractivity contribution in [3.8, 4) is 0 Å². The Kier molecular flexibility index (Phi) is 4.77. The molecule has 1 heterocycles. The molecule has 1 saturated heterocycles. The average molecular weight is 404 g/mol. The van der Waals surface area contributed by atoms with Crippen LogP contribution in [0.4, 0.5) is 0 Å². The van der Waals surface area contributed by atoms with E-state index in [2.05, 4.69) is 79.8 Å². The topological polar surface area (TPSA) is 38.3 Å². The van der Waals surface area contributed by atoms with Crippen LogP contribution in [0.2, 0.25) is 0 Å². The summed E-state index contributed by atoms with van der Waals surface area (Å²) >= 11 is 0. The summed E-state index contributed by atoms with van der Waals surface area (Å²) in [5, 5.41) is 3.40. The van der Waals surface area contributed by atoms with E-state index in [4.69, 9.17) is 4.74 Å². The highest BCUT2D eigenvalue weighted by molar-refractivity contribution is 5.73. The maximum Gasteiger partial charge on any atom is 0.217 e. The molecule has 3 aliphatic rings. The summed E-state index contributed by atoms with van der Waals surface area (Å²) in [4.78, 5) is 12.2. The van der Waals surface area contributed by atoms with E-state index in [0.717, 1.165) is 13.0 Å². The fourth-order valence-corrected chi connectivity index (χ4v) is 7.26. The summed E-state index contributed by atoms with van der Waals surface area (Å²) in [6.07, 6.45) is 3.60. The van der Waals surface area contributed by atoms with E-state index in [1.807, 2.05) is 0 Å². The van der Waals surface area contributed by atoms with E-state index in [1.54, 1.807) is 6.92 Å². The minimum atomic E-state index is 0.0967. The molecule has 2 bridgehead atoms.